The molecule has 0 saturated carbocycles. The Balaban J connectivity index is 0.647. The zero-order valence-electron chi connectivity index (χ0n) is 43.2. The number of nitrogens with one attached hydrogen (secondary N) is 5. The van der Waals surface area contributed by atoms with Crippen LogP contribution >= 0.6 is 15.9 Å². The molecule has 2 atom stereocenters. The monoisotopic (exact) mass is 1180 g/mol. The second-order valence-electron chi connectivity index (χ2n) is 17.5. The number of anilines is 4. The number of hydrogen-bond acceptors (Lipinski definition) is 21. The van der Waals surface area contributed by atoms with E-state index in [1.807, 2.05) is 4.31 Å². The molecule has 0 aliphatic carbocycles. The van der Waals surface area contributed by atoms with Crippen molar-refractivity contribution in [1.82, 2.24) is 29.8 Å². The molecule has 2 saturated heterocycles. The lowest BCUT2D eigenvalue weighted by Gasteiger charge is -2.32. The van der Waals surface area contributed by atoms with Gasteiger partial charge in [-0.3, -0.25) is 39.0 Å². The van der Waals surface area contributed by atoms with E-state index in [4.69, 9.17) is 43.6 Å². The van der Waals surface area contributed by atoms with Crippen LogP contribution in [0, 0.1) is 5.82 Å². The van der Waals surface area contributed by atoms with Crippen molar-refractivity contribution in [1.29, 1.82) is 0 Å². The minimum absolute atomic E-state index is 0.0138. The van der Waals surface area contributed by atoms with Gasteiger partial charge in [-0.15, -0.1) is 4.31 Å². The van der Waals surface area contributed by atoms with Crippen molar-refractivity contribution < 1.29 is 75.6 Å². The highest BCUT2D eigenvalue weighted by molar-refractivity contribution is 9.10. The van der Waals surface area contributed by atoms with Crippen LogP contribution in [0.2, 0.25) is 0 Å². The van der Waals surface area contributed by atoms with Crippen LogP contribution in [0.4, 0.5) is 27.5 Å². The van der Waals surface area contributed by atoms with E-state index in [9.17, 15) is 37.7 Å². The number of nitrogens with two attached hydrogens (primary N) is 1. The molecule has 7 N–H and O–H groups in total. The molecule has 78 heavy (non-hydrogen) atoms. The molecule has 0 spiro atoms. The zero-order valence-corrected chi connectivity index (χ0v) is 45.6. The Morgan fingerprint density at radius 1 is 0.756 bits per heavy atom. The molecule has 6 rings (SSSR count). The number of primary amides is 1. The Labute approximate surface area is 462 Å². The minimum Gasteiger partial charge on any atom is -0.598 e. The smallest absolute Gasteiger partial charge is 0.264 e. The summed E-state index contributed by atoms with van der Waals surface area (Å²) < 4.78 is 73.8. The molecule has 25 nitrogen and oxygen atoms in total. The van der Waals surface area contributed by atoms with Gasteiger partial charge in [0, 0.05) is 61.8 Å². The van der Waals surface area contributed by atoms with Gasteiger partial charge in [-0.05, 0) is 59.5 Å². The lowest BCUT2D eigenvalue weighted by atomic mass is 10.0. The van der Waals surface area contributed by atoms with E-state index in [2.05, 4.69) is 52.5 Å². The quantitative estimate of drug-likeness (QED) is 0.0271. The Morgan fingerprint density at radius 3 is 1.91 bits per heavy atom. The molecule has 1 aromatic heterocycles. The van der Waals surface area contributed by atoms with Gasteiger partial charge in [0.1, 0.15) is 23.4 Å². The fraction of sp³-hybridized carbons (Fsp3) is 0.560. The van der Waals surface area contributed by atoms with Crippen LogP contribution in [0.1, 0.15) is 63.2 Å². The van der Waals surface area contributed by atoms with Gasteiger partial charge in [-0.25, -0.2) is 9.37 Å². The van der Waals surface area contributed by atoms with Crippen LogP contribution in [0.25, 0.3) is 0 Å². The predicted molar refractivity (Wildman–Crippen MR) is 285 cm³/mol. The van der Waals surface area contributed by atoms with Crippen LogP contribution in [0.15, 0.2) is 47.1 Å². The molecule has 2 aromatic carbocycles. The maximum absolute atomic E-state index is 14.3. The first-order valence-electron chi connectivity index (χ1n) is 25.7. The van der Waals surface area contributed by atoms with Crippen molar-refractivity contribution in [2.75, 3.05) is 154 Å². The van der Waals surface area contributed by atoms with Gasteiger partial charge in [-0.2, -0.15) is 4.98 Å². The number of piperidine rings is 2. The van der Waals surface area contributed by atoms with E-state index in [0.717, 1.165) is 11.0 Å². The van der Waals surface area contributed by atoms with Crippen LogP contribution in [-0.2, 0) is 63.6 Å². The topological polar surface area (TPSA) is 318 Å². The number of carbonyl (C=O) groups is 6. The number of nitrogens with zero attached hydrogens (tertiary/aromatic N) is 4. The Bertz CT molecular complexity index is 2450. The Kier molecular flexibility index (Phi) is 26.8. The Hall–Kier alpha value is -5.50. The second kappa shape index (κ2) is 33.8. The third-order valence-electron chi connectivity index (χ3n) is 12.0. The van der Waals surface area contributed by atoms with Gasteiger partial charge in [0.2, 0.25) is 23.7 Å². The fourth-order valence-electron chi connectivity index (χ4n) is 8.14. The van der Waals surface area contributed by atoms with Crippen LogP contribution in [0.3, 0.4) is 0 Å². The molecular formula is C50H68BrFN10O15S. The molecule has 3 aliphatic rings. The predicted octanol–water partition coefficient (Wildman–Crippen LogP) is 1.91. The number of benzene rings is 2. The van der Waals surface area contributed by atoms with Crippen molar-refractivity contribution in [2.45, 2.75) is 44.2 Å². The Morgan fingerprint density at radius 2 is 1.32 bits per heavy atom. The van der Waals surface area contributed by atoms with E-state index < -0.39 is 52.8 Å². The average Bonchev–Trinajstić information content (AvgIpc) is 3.86. The summed E-state index contributed by atoms with van der Waals surface area (Å²) in [4.78, 5) is 83.9. The van der Waals surface area contributed by atoms with Gasteiger partial charge >= 0.3 is 0 Å². The highest BCUT2D eigenvalue weighted by Gasteiger charge is 2.45. The number of amides is 6. The number of imide groups is 2. The lowest BCUT2D eigenvalue weighted by molar-refractivity contribution is -0.136. The van der Waals surface area contributed by atoms with E-state index in [0.29, 0.717) is 154 Å². The number of carbonyl (C=O) groups excluding carboxylic acids is 6. The fourth-order valence-corrected chi connectivity index (χ4v) is 9.58. The third kappa shape index (κ3) is 20.0. The lowest BCUT2D eigenvalue weighted by Crippen LogP contribution is -2.54. The first kappa shape index (κ1) is 61.7. The first-order valence-corrected chi connectivity index (χ1v) is 27.7. The van der Waals surface area contributed by atoms with Crippen molar-refractivity contribution in [3.05, 3.63) is 69.6 Å². The van der Waals surface area contributed by atoms with Crippen LogP contribution in [0.5, 0.6) is 0 Å². The summed E-state index contributed by atoms with van der Waals surface area (Å²) in [5, 5.41) is 14.4. The van der Waals surface area contributed by atoms with Crippen molar-refractivity contribution in [3.8, 4) is 0 Å². The second-order valence-corrected chi connectivity index (χ2v) is 19.9. The summed E-state index contributed by atoms with van der Waals surface area (Å²) in [6, 6.07) is 8.00. The summed E-state index contributed by atoms with van der Waals surface area (Å²) in [7, 11) is 0. The molecule has 0 bridgehead atoms. The van der Waals surface area contributed by atoms with E-state index >= 15 is 0 Å². The van der Waals surface area contributed by atoms with Gasteiger partial charge in [0.15, 0.2) is 0 Å². The summed E-state index contributed by atoms with van der Waals surface area (Å²) in [6.07, 6.45) is 3.21. The number of aromatic nitrogens is 2. The summed E-state index contributed by atoms with van der Waals surface area (Å²) in [6.45, 7) is 7.77. The molecule has 4 heterocycles. The zero-order chi connectivity index (χ0) is 55.5. The molecular weight excluding hydrogens is 1110 g/mol. The standard InChI is InChI=1S/C50H68BrFN10O15S/c51-36-33-56-50(60-46(36)58-39-6-2-4-37(52)44(39)45(53)65)57-34-9-14-61(15-10-34)78(69)32-13-55-41(63)11-16-70-18-20-72-22-24-74-26-28-76-30-31-77-29-27-75-25-23-73-21-19-71-17-12-54-38-5-1-3-35-43(38)49(68)62(48(35)67)40-7-8-42(64)59-47(40)66/h1-6,33-34,40,54H,7-32H2,(H2,53,65)(H,55,63)(H,59,64,66)(H2,56,57,58,60). The van der Waals surface area contributed by atoms with Gasteiger partial charge < -0.3 is 69.4 Å². The molecule has 428 valence electrons. The van der Waals surface area contributed by atoms with Crippen LogP contribution < -0.4 is 32.3 Å². The van der Waals surface area contributed by atoms with E-state index in [-0.39, 0.29) is 72.5 Å². The third-order valence-corrected chi connectivity index (χ3v) is 14.1. The number of ether oxygens (including phenoxy) is 8. The van der Waals surface area contributed by atoms with Gasteiger partial charge in [0.25, 0.3) is 17.7 Å². The molecule has 0 radical (unpaired) electrons. The van der Waals surface area contributed by atoms with Crippen molar-refractivity contribution in [2.24, 2.45) is 5.73 Å². The normalized spacial score (nSPS) is 16.3. The molecule has 3 aliphatic heterocycles. The van der Waals surface area contributed by atoms with Crippen molar-refractivity contribution in [3.63, 3.8) is 0 Å². The minimum atomic E-state index is -1.27. The van der Waals surface area contributed by atoms with Crippen LogP contribution in [-0.4, -0.2) is 209 Å². The van der Waals surface area contributed by atoms with E-state index in [1.54, 1.807) is 18.2 Å². The molecule has 6 amide bonds. The summed E-state index contributed by atoms with van der Waals surface area (Å²) in [5.41, 5.74) is 6.13. The summed E-state index contributed by atoms with van der Waals surface area (Å²) in [5.74, 6) is -3.14. The molecule has 28 heteroatoms. The summed E-state index contributed by atoms with van der Waals surface area (Å²) >= 11 is 2.11. The largest absolute Gasteiger partial charge is 0.598 e. The van der Waals surface area contributed by atoms with Gasteiger partial charge in [-0.1, -0.05) is 12.1 Å². The van der Waals surface area contributed by atoms with Gasteiger partial charge in [0.05, 0.1) is 139 Å². The number of halogens is 2. The molecule has 3 aromatic rings. The number of fused-ring (bicyclic) bond motifs is 1. The van der Waals surface area contributed by atoms with E-state index in [1.165, 1.54) is 18.3 Å². The maximum Gasteiger partial charge on any atom is 0.264 e. The molecule has 2 unspecified atom stereocenters. The highest BCUT2D eigenvalue weighted by atomic mass is 79.9. The molecule has 2 fully saturated rings. The maximum atomic E-state index is 14.3. The number of rotatable bonds is 38. The first-order chi connectivity index (χ1) is 37.9. The number of hydrogen-bond donors (Lipinski definition) is 6. The van der Waals surface area contributed by atoms with Crippen molar-refractivity contribution >= 4 is 85.9 Å². The average molecular weight is 1180 g/mol. The highest BCUT2D eigenvalue weighted by Crippen LogP contribution is 2.33. The SMILES string of the molecule is NC(=O)c1c(F)cccc1Nc1nc(NC2CCN([S+]([O-])CCNC(=O)CCOCCOCCOCCOCCOCCOCCOCCOCCNc3cccc4c3C(=O)N(C3CCC(=O)NC3=O)C4=O)CC2)ncc1Br.